The fraction of sp³-hybridized carbons (Fsp3) is 0.333. The lowest BCUT2D eigenvalue weighted by molar-refractivity contribution is -0.118. The summed E-state index contributed by atoms with van der Waals surface area (Å²) in [5.74, 6) is -0.0928. The number of carbonyl (C=O) groups is 1. The zero-order chi connectivity index (χ0) is 14.5. The number of benzene rings is 1. The fourth-order valence-electron chi connectivity index (χ4n) is 2.08. The van der Waals surface area contributed by atoms with E-state index in [2.05, 4.69) is 22.7 Å². The first kappa shape index (κ1) is 17.2. The van der Waals surface area contributed by atoms with Crippen LogP contribution in [-0.4, -0.2) is 22.7 Å². The van der Waals surface area contributed by atoms with Gasteiger partial charge in [0.1, 0.15) is 6.04 Å². The van der Waals surface area contributed by atoms with Crippen molar-refractivity contribution in [3.05, 3.63) is 47.8 Å². The van der Waals surface area contributed by atoms with Crippen LogP contribution in [-0.2, 0) is 18.3 Å². The molecule has 0 radical (unpaired) electrons. The van der Waals surface area contributed by atoms with Gasteiger partial charge in [0.05, 0.1) is 6.20 Å². The molecule has 0 saturated heterocycles. The van der Waals surface area contributed by atoms with Gasteiger partial charge in [0.15, 0.2) is 0 Å². The summed E-state index contributed by atoms with van der Waals surface area (Å²) in [5, 5.41) is 10.0. The summed E-state index contributed by atoms with van der Waals surface area (Å²) in [6, 6.07) is 7.48. The zero-order valence-electron chi connectivity index (χ0n) is 12.5. The van der Waals surface area contributed by atoms with E-state index < -0.39 is 6.04 Å². The molecule has 0 saturated carbocycles. The summed E-state index contributed by atoms with van der Waals surface area (Å²) < 4.78 is 1.68. The van der Waals surface area contributed by atoms with Crippen LogP contribution in [0.3, 0.4) is 0 Å². The number of nitrogens with zero attached hydrogens (tertiary/aromatic N) is 2. The number of likely N-dealkylation sites (N-methyl/N-ethyl adjacent to an activating group) is 1. The molecular weight excluding hydrogens is 288 g/mol. The highest BCUT2D eigenvalue weighted by Gasteiger charge is 2.20. The number of carbonyl (C=O) groups excluding carboxylic acids is 1. The maximum absolute atomic E-state index is 12.3. The zero-order valence-corrected chi connectivity index (χ0v) is 13.3. The van der Waals surface area contributed by atoms with E-state index in [-0.39, 0.29) is 18.3 Å². The minimum absolute atomic E-state index is 0. The molecule has 1 amide bonds. The van der Waals surface area contributed by atoms with Gasteiger partial charge in [-0.3, -0.25) is 9.48 Å². The molecule has 0 aliphatic carbocycles. The Morgan fingerprint density at radius 1 is 1.33 bits per heavy atom. The van der Waals surface area contributed by atoms with E-state index in [4.69, 9.17) is 0 Å². The Bertz CT molecular complexity index is 580. The third kappa shape index (κ3) is 4.31. The van der Waals surface area contributed by atoms with Gasteiger partial charge in [-0.05, 0) is 31.2 Å². The quantitative estimate of drug-likeness (QED) is 0.891. The lowest BCUT2D eigenvalue weighted by atomic mass is 10.1. The van der Waals surface area contributed by atoms with Crippen molar-refractivity contribution in [2.75, 3.05) is 12.4 Å². The number of anilines is 1. The number of nitrogens with one attached hydrogen (secondary N) is 2. The number of rotatable bonds is 5. The van der Waals surface area contributed by atoms with Crippen LogP contribution in [0.25, 0.3) is 0 Å². The summed E-state index contributed by atoms with van der Waals surface area (Å²) in [7, 11) is 3.59. The van der Waals surface area contributed by atoms with Crippen LogP contribution < -0.4 is 10.6 Å². The minimum atomic E-state index is -0.408. The summed E-state index contributed by atoms with van der Waals surface area (Å²) in [4.78, 5) is 12.3. The average molecular weight is 309 g/mol. The van der Waals surface area contributed by atoms with Gasteiger partial charge in [-0.1, -0.05) is 19.1 Å². The van der Waals surface area contributed by atoms with Gasteiger partial charge in [0.25, 0.3) is 0 Å². The molecule has 2 rings (SSSR count). The standard InChI is InChI=1S/C15H20N4O.ClH/c1-4-11-5-7-13(8-6-11)18-15(20)14(16-2)12-9-17-19(3)10-12;/h5-10,14,16H,4H2,1-3H3,(H,18,20);1H. The molecule has 1 aromatic heterocycles. The van der Waals surface area contributed by atoms with E-state index in [1.807, 2.05) is 37.5 Å². The monoisotopic (exact) mass is 308 g/mol. The molecule has 0 fully saturated rings. The van der Waals surface area contributed by atoms with Gasteiger partial charge in [-0.25, -0.2) is 0 Å². The molecule has 1 unspecified atom stereocenters. The highest BCUT2D eigenvalue weighted by molar-refractivity contribution is 5.95. The lowest BCUT2D eigenvalue weighted by Gasteiger charge is -2.14. The molecule has 0 bridgehead atoms. The number of hydrogen-bond donors (Lipinski definition) is 2. The number of aromatic nitrogens is 2. The van der Waals surface area contributed by atoms with Crippen molar-refractivity contribution in [2.24, 2.45) is 7.05 Å². The Balaban J connectivity index is 0.00000220. The summed E-state index contributed by atoms with van der Waals surface area (Å²) in [5.41, 5.74) is 2.90. The molecule has 2 aromatic rings. The third-order valence-corrected chi connectivity index (χ3v) is 3.24. The molecule has 1 heterocycles. The first-order valence-corrected chi connectivity index (χ1v) is 6.69. The number of halogens is 1. The van der Waals surface area contributed by atoms with Crippen molar-refractivity contribution in [3.8, 4) is 0 Å². The van der Waals surface area contributed by atoms with E-state index >= 15 is 0 Å². The first-order valence-electron chi connectivity index (χ1n) is 6.69. The van der Waals surface area contributed by atoms with E-state index in [0.717, 1.165) is 17.7 Å². The normalized spacial score (nSPS) is 11.6. The Kier molecular flexibility index (Phi) is 6.39. The van der Waals surface area contributed by atoms with Crippen molar-refractivity contribution in [3.63, 3.8) is 0 Å². The topological polar surface area (TPSA) is 59.0 Å². The Labute approximate surface area is 131 Å². The summed E-state index contributed by atoms with van der Waals surface area (Å²) in [6.45, 7) is 2.10. The SMILES string of the molecule is CCc1ccc(NC(=O)C(NC)c2cnn(C)c2)cc1.Cl. The predicted octanol–water partition coefficient (Wildman–Crippen LogP) is 2.30. The van der Waals surface area contributed by atoms with Gasteiger partial charge < -0.3 is 10.6 Å². The molecule has 1 aromatic carbocycles. The molecule has 5 nitrogen and oxygen atoms in total. The maximum atomic E-state index is 12.3. The van der Waals surface area contributed by atoms with E-state index in [0.29, 0.717) is 0 Å². The van der Waals surface area contributed by atoms with Crippen molar-refractivity contribution < 1.29 is 4.79 Å². The Morgan fingerprint density at radius 2 is 2.00 bits per heavy atom. The lowest BCUT2D eigenvalue weighted by Crippen LogP contribution is -2.30. The highest BCUT2D eigenvalue weighted by Crippen LogP contribution is 2.16. The molecule has 0 aliphatic heterocycles. The number of amides is 1. The second-order valence-corrected chi connectivity index (χ2v) is 4.71. The first-order chi connectivity index (χ1) is 9.63. The summed E-state index contributed by atoms with van der Waals surface area (Å²) >= 11 is 0. The molecule has 6 heteroatoms. The van der Waals surface area contributed by atoms with Gasteiger partial charge in [0, 0.05) is 24.5 Å². The predicted molar refractivity (Wildman–Crippen MR) is 86.7 cm³/mol. The van der Waals surface area contributed by atoms with Crippen molar-refractivity contribution in [2.45, 2.75) is 19.4 Å². The van der Waals surface area contributed by atoms with E-state index in [1.165, 1.54) is 5.56 Å². The number of aryl methyl sites for hydroxylation is 2. The van der Waals surface area contributed by atoms with Gasteiger partial charge in [0.2, 0.25) is 5.91 Å². The van der Waals surface area contributed by atoms with Gasteiger partial charge in [-0.2, -0.15) is 5.10 Å². The van der Waals surface area contributed by atoms with Crippen LogP contribution in [0.15, 0.2) is 36.7 Å². The van der Waals surface area contributed by atoms with E-state index in [9.17, 15) is 4.79 Å². The van der Waals surface area contributed by atoms with Crippen LogP contribution >= 0.6 is 12.4 Å². The Hall–Kier alpha value is -1.85. The molecule has 21 heavy (non-hydrogen) atoms. The molecule has 2 N–H and O–H groups in total. The van der Waals surface area contributed by atoms with Crippen LogP contribution in [0.1, 0.15) is 24.1 Å². The molecule has 1 atom stereocenters. The van der Waals surface area contributed by atoms with Crippen LogP contribution in [0, 0.1) is 0 Å². The second kappa shape index (κ2) is 7.81. The van der Waals surface area contributed by atoms with Gasteiger partial charge >= 0.3 is 0 Å². The van der Waals surface area contributed by atoms with Crippen molar-refractivity contribution in [1.29, 1.82) is 0 Å². The van der Waals surface area contributed by atoms with Crippen molar-refractivity contribution >= 4 is 24.0 Å². The van der Waals surface area contributed by atoms with Gasteiger partial charge in [-0.15, -0.1) is 12.4 Å². The molecule has 0 aliphatic rings. The van der Waals surface area contributed by atoms with Crippen LogP contribution in [0.4, 0.5) is 5.69 Å². The fourth-order valence-corrected chi connectivity index (χ4v) is 2.08. The highest BCUT2D eigenvalue weighted by atomic mass is 35.5. The molecule has 114 valence electrons. The van der Waals surface area contributed by atoms with Crippen LogP contribution in [0.2, 0.25) is 0 Å². The Morgan fingerprint density at radius 3 is 2.48 bits per heavy atom. The second-order valence-electron chi connectivity index (χ2n) is 4.71. The molecule has 0 spiro atoms. The average Bonchev–Trinajstić information content (AvgIpc) is 2.87. The third-order valence-electron chi connectivity index (χ3n) is 3.24. The summed E-state index contributed by atoms with van der Waals surface area (Å²) in [6.07, 6.45) is 4.52. The minimum Gasteiger partial charge on any atom is -0.324 e. The van der Waals surface area contributed by atoms with Crippen LogP contribution in [0.5, 0.6) is 0 Å². The largest absolute Gasteiger partial charge is 0.324 e. The number of hydrogen-bond acceptors (Lipinski definition) is 3. The maximum Gasteiger partial charge on any atom is 0.246 e. The van der Waals surface area contributed by atoms with Crippen molar-refractivity contribution in [1.82, 2.24) is 15.1 Å². The smallest absolute Gasteiger partial charge is 0.246 e. The molecular formula is C15H21ClN4O. The van der Waals surface area contributed by atoms with E-state index in [1.54, 1.807) is 17.9 Å².